The van der Waals surface area contributed by atoms with Crippen LogP contribution in [0.15, 0.2) is 28.7 Å². The van der Waals surface area contributed by atoms with Gasteiger partial charge < -0.3 is 0 Å². The summed E-state index contributed by atoms with van der Waals surface area (Å²) in [5.41, 5.74) is 1.12. The van der Waals surface area contributed by atoms with Crippen LogP contribution in [-0.2, 0) is 0 Å². The van der Waals surface area contributed by atoms with Gasteiger partial charge >= 0.3 is 0 Å². The molecular formula is C27H43Br. The molecule has 0 amide bonds. The Morgan fingerprint density at radius 3 is 1.39 bits per heavy atom. The van der Waals surface area contributed by atoms with Crippen molar-refractivity contribution in [1.29, 1.82) is 0 Å². The smallest absolute Gasteiger partial charge is 0.0246 e. The van der Waals surface area contributed by atoms with Crippen molar-refractivity contribution < 1.29 is 0 Å². The molecule has 0 fully saturated rings. The standard InChI is InChI=1S/C27H43Br/c1-2-3-4-5-6-7-8-9-10-11-12-13-14-15-16-17-18-19-20-21-26-22-24-27(28)25-23-26/h22-25H,2-19H2,1H3. The predicted molar refractivity (Wildman–Crippen MR) is 130 cm³/mol. The lowest BCUT2D eigenvalue weighted by atomic mass is 10.0. The van der Waals surface area contributed by atoms with Gasteiger partial charge in [0.15, 0.2) is 0 Å². The molecule has 0 spiro atoms. The van der Waals surface area contributed by atoms with E-state index in [0.717, 1.165) is 16.5 Å². The molecule has 1 heteroatoms. The zero-order valence-electron chi connectivity index (χ0n) is 18.4. The van der Waals surface area contributed by atoms with Gasteiger partial charge in [-0.25, -0.2) is 0 Å². The van der Waals surface area contributed by atoms with Crippen molar-refractivity contribution in [3.63, 3.8) is 0 Å². The number of hydrogen-bond acceptors (Lipinski definition) is 0. The molecule has 0 saturated carbocycles. The van der Waals surface area contributed by atoms with Crippen LogP contribution >= 0.6 is 15.9 Å². The second kappa shape index (κ2) is 19.6. The Hall–Kier alpha value is -0.740. The van der Waals surface area contributed by atoms with E-state index in [1.165, 1.54) is 109 Å². The SMILES string of the molecule is CCCCCCCCCCCCCCCCCCCC#Cc1ccc(Br)cc1. The van der Waals surface area contributed by atoms with Gasteiger partial charge in [0.1, 0.15) is 0 Å². The number of rotatable bonds is 17. The van der Waals surface area contributed by atoms with Gasteiger partial charge in [-0.15, -0.1) is 0 Å². The highest BCUT2D eigenvalue weighted by molar-refractivity contribution is 9.10. The van der Waals surface area contributed by atoms with Crippen LogP contribution in [-0.4, -0.2) is 0 Å². The molecule has 0 bridgehead atoms. The van der Waals surface area contributed by atoms with Crippen molar-refractivity contribution in [2.75, 3.05) is 0 Å². The van der Waals surface area contributed by atoms with E-state index in [0.29, 0.717) is 0 Å². The Kier molecular flexibility index (Phi) is 17.7. The Labute approximate surface area is 184 Å². The molecule has 0 heterocycles. The zero-order valence-corrected chi connectivity index (χ0v) is 20.0. The predicted octanol–water partition coefficient (Wildman–Crippen LogP) is 9.84. The van der Waals surface area contributed by atoms with E-state index in [2.05, 4.69) is 59.0 Å². The zero-order chi connectivity index (χ0) is 20.1. The largest absolute Gasteiger partial charge is 0.0979 e. The third-order valence-electron chi connectivity index (χ3n) is 5.48. The highest BCUT2D eigenvalue weighted by atomic mass is 79.9. The summed E-state index contributed by atoms with van der Waals surface area (Å²) in [5, 5.41) is 0. The summed E-state index contributed by atoms with van der Waals surface area (Å²) in [6.07, 6.45) is 25.3. The molecule has 0 aliphatic rings. The molecule has 0 aliphatic carbocycles. The van der Waals surface area contributed by atoms with E-state index in [4.69, 9.17) is 0 Å². The summed E-state index contributed by atoms with van der Waals surface area (Å²) >= 11 is 3.46. The van der Waals surface area contributed by atoms with E-state index in [9.17, 15) is 0 Å². The van der Waals surface area contributed by atoms with Crippen LogP contribution in [0.2, 0.25) is 0 Å². The molecule has 1 rings (SSSR count). The molecule has 0 saturated heterocycles. The summed E-state index contributed by atoms with van der Waals surface area (Å²) < 4.78 is 1.12. The lowest BCUT2D eigenvalue weighted by Crippen LogP contribution is -1.83. The molecule has 28 heavy (non-hydrogen) atoms. The number of benzene rings is 1. The highest BCUT2D eigenvalue weighted by Crippen LogP contribution is 2.14. The molecule has 0 aromatic heterocycles. The maximum atomic E-state index is 3.46. The minimum absolute atomic E-state index is 1.04. The molecule has 158 valence electrons. The maximum absolute atomic E-state index is 3.46. The second-order valence-corrected chi connectivity index (χ2v) is 9.13. The van der Waals surface area contributed by atoms with E-state index in [1.807, 2.05) is 0 Å². The van der Waals surface area contributed by atoms with Crippen LogP contribution in [0.25, 0.3) is 0 Å². The molecule has 0 radical (unpaired) electrons. The highest BCUT2D eigenvalue weighted by Gasteiger charge is 1.94. The first-order valence-electron chi connectivity index (χ1n) is 12.1. The van der Waals surface area contributed by atoms with Crippen LogP contribution in [0.1, 0.15) is 128 Å². The monoisotopic (exact) mass is 446 g/mol. The first kappa shape index (κ1) is 25.3. The van der Waals surface area contributed by atoms with E-state index in [-0.39, 0.29) is 0 Å². The Morgan fingerprint density at radius 2 is 0.964 bits per heavy atom. The quantitative estimate of drug-likeness (QED) is 0.165. The van der Waals surface area contributed by atoms with Gasteiger partial charge in [-0.1, -0.05) is 137 Å². The van der Waals surface area contributed by atoms with Crippen LogP contribution in [0.3, 0.4) is 0 Å². The number of hydrogen-bond donors (Lipinski definition) is 0. The van der Waals surface area contributed by atoms with Crippen LogP contribution in [0.4, 0.5) is 0 Å². The van der Waals surface area contributed by atoms with Gasteiger partial charge in [-0.3, -0.25) is 0 Å². The van der Waals surface area contributed by atoms with Crippen molar-refractivity contribution in [3.8, 4) is 11.8 Å². The van der Waals surface area contributed by atoms with E-state index < -0.39 is 0 Å². The first-order chi connectivity index (χ1) is 13.8. The van der Waals surface area contributed by atoms with Crippen molar-refractivity contribution in [2.45, 2.75) is 122 Å². The molecule has 0 aliphatic heterocycles. The Morgan fingerprint density at radius 1 is 0.571 bits per heavy atom. The molecule has 0 atom stereocenters. The van der Waals surface area contributed by atoms with Crippen LogP contribution < -0.4 is 0 Å². The van der Waals surface area contributed by atoms with Gasteiger partial charge in [-0.05, 0) is 30.7 Å². The Balaban J connectivity index is 1.76. The van der Waals surface area contributed by atoms with Gasteiger partial charge in [0.2, 0.25) is 0 Å². The van der Waals surface area contributed by atoms with Gasteiger partial charge in [-0.2, -0.15) is 0 Å². The minimum Gasteiger partial charge on any atom is -0.0979 e. The van der Waals surface area contributed by atoms with Crippen LogP contribution in [0.5, 0.6) is 0 Å². The second-order valence-electron chi connectivity index (χ2n) is 8.22. The van der Waals surface area contributed by atoms with Gasteiger partial charge in [0.05, 0.1) is 0 Å². The summed E-state index contributed by atoms with van der Waals surface area (Å²) in [6.45, 7) is 2.29. The van der Waals surface area contributed by atoms with Crippen molar-refractivity contribution in [3.05, 3.63) is 34.3 Å². The third kappa shape index (κ3) is 16.2. The molecule has 0 unspecified atom stereocenters. The van der Waals surface area contributed by atoms with E-state index in [1.54, 1.807) is 0 Å². The Bertz CT molecular complexity index is 505. The lowest BCUT2D eigenvalue weighted by molar-refractivity contribution is 0.528. The fraction of sp³-hybridized carbons (Fsp3) is 0.704. The third-order valence-corrected chi connectivity index (χ3v) is 6.01. The molecule has 0 N–H and O–H groups in total. The average molecular weight is 448 g/mol. The minimum atomic E-state index is 1.04. The number of halogens is 1. The fourth-order valence-corrected chi connectivity index (χ4v) is 3.90. The summed E-state index contributed by atoms with van der Waals surface area (Å²) in [4.78, 5) is 0. The topological polar surface area (TPSA) is 0 Å². The molecule has 1 aromatic carbocycles. The summed E-state index contributed by atoms with van der Waals surface area (Å²) in [5.74, 6) is 6.56. The summed E-state index contributed by atoms with van der Waals surface area (Å²) in [7, 11) is 0. The fourth-order valence-electron chi connectivity index (χ4n) is 3.64. The van der Waals surface area contributed by atoms with E-state index >= 15 is 0 Å². The summed E-state index contributed by atoms with van der Waals surface area (Å²) in [6, 6.07) is 8.26. The maximum Gasteiger partial charge on any atom is 0.0246 e. The molecular weight excluding hydrogens is 404 g/mol. The van der Waals surface area contributed by atoms with Crippen molar-refractivity contribution in [2.24, 2.45) is 0 Å². The molecule has 1 aromatic rings. The lowest BCUT2D eigenvalue weighted by Gasteiger charge is -2.03. The van der Waals surface area contributed by atoms with Gasteiger partial charge in [0.25, 0.3) is 0 Å². The van der Waals surface area contributed by atoms with Crippen LogP contribution in [0, 0.1) is 11.8 Å². The van der Waals surface area contributed by atoms with Crippen molar-refractivity contribution >= 4 is 15.9 Å². The number of unbranched alkanes of at least 4 members (excludes halogenated alkanes) is 17. The normalized spacial score (nSPS) is 10.6. The first-order valence-corrected chi connectivity index (χ1v) is 12.9. The molecule has 0 nitrogen and oxygen atoms in total. The average Bonchev–Trinajstić information content (AvgIpc) is 2.71. The van der Waals surface area contributed by atoms with Gasteiger partial charge in [0, 0.05) is 16.5 Å². The van der Waals surface area contributed by atoms with Crippen molar-refractivity contribution in [1.82, 2.24) is 0 Å².